The van der Waals surface area contributed by atoms with Gasteiger partial charge in [0.05, 0.1) is 26.6 Å². The highest BCUT2D eigenvalue weighted by atomic mass is 32.2. The Balaban J connectivity index is 1.43. The van der Waals surface area contributed by atoms with Crippen molar-refractivity contribution in [3.05, 3.63) is 131 Å². The number of ether oxygens (including phenoxy) is 1. The van der Waals surface area contributed by atoms with Gasteiger partial charge in [-0.1, -0.05) is 97.1 Å². The number of carbonyl (C=O) groups is 4. The van der Waals surface area contributed by atoms with Crippen molar-refractivity contribution in [2.24, 2.45) is 5.73 Å². The summed E-state index contributed by atoms with van der Waals surface area (Å²) in [5, 5.41) is 2.43. The van der Waals surface area contributed by atoms with E-state index >= 15 is 0 Å². The highest BCUT2D eigenvalue weighted by Crippen LogP contribution is 2.42. The van der Waals surface area contributed by atoms with Crippen LogP contribution in [0.25, 0.3) is 0 Å². The number of nitrogens with two attached hydrogens (primary N) is 1. The molecule has 2 aliphatic heterocycles. The van der Waals surface area contributed by atoms with E-state index < -0.39 is 29.4 Å². The van der Waals surface area contributed by atoms with Crippen LogP contribution in [0.1, 0.15) is 29.7 Å². The number of hydrogen-bond donors (Lipinski definition) is 2. The Morgan fingerprint density at radius 1 is 1.00 bits per heavy atom. The fourth-order valence-corrected chi connectivity index (χ4v) is 6.96. The summed E-state index contributed by atoms with van der Waals surface area (Å²) in [5.74, 6) is -1.22. The Labute approximate surface area is 273 Å². The number of β-lactam (4-membered cyclic amide) rings is 1. The smallest absolute Gasteiger partial charge is 0.356 e. The van der Waals surface area contributed by atoms with Crippen LogP contribution in [-0.2, 0) is 30.3 Å². The van der Waals surface area contributed by atoms with Gasteiger partial charge in [0.25, 0.3) is 11.8 Å². The van der Waals surface area contributed by atoms with Gasteiger partial charge in [0.15, 0.2) is 12.6 Å². The van der Waals surface area contributed by atoms with Crippen molar-refractivity contribution < 1.29 is 28.4 Å². The van der Waals surface area contributed by atoms with Crippen molar-refractivity contribution in [3.63, 3.8) is 0 Å². The molecule has 3 atom stereocenters. The number of nitrogens with zero attached hydrogens (tertiary/aromatic N) is 2. The molecule has 1 saturated heterocycles. The number of amides is 3. The molecule has 0 bridgehead atoms. The third-order valence-electron chi connectivity index (χ3n) is 8.31. The Morgan fingerprint density at radius 3 is 2.15 bits per heavy atom. The fourth-order valence-electron chi connectivity index (χ4n) is 5.64. The minimum absolute atomic E-state index is 0.149. The fraction of sp³-hybridized carbons (Fsp3) is 0.278. The molecular formula is C36H39N4O5S+. The predicted molar refractivity (Wildman–Crippen MR) is 178 cm³/mol. The third kappa shape index (κ3) is 7.58. The molecule has 3 unspecified atom stereocenters. The number of benzene rings is 3. The van der Waals surface area contributed by atoms with Crippen LogP contribution in [-0.4, -0.2) is 76.9 Å². The minimum atomic E-state index is -0.760. The summed E-state index contributed by atoms with van der Waals surface area (Å²) < 4.78 is 6.62. The molecule has 10 heteroatoms. The molecule has 0 aliphatic carbocycles. The molecule has 0 radical (unpaired) electrons. The average Bonchev–Trinajstić information content (AvgIpc) is 3.06. The largest absolute Gasteiger partial charge is 0.448 e. The summed E-state index contributed by atoms with van der Waals surface area (Å²) in [6.07, 6.45) is 3.19. The maximum atomic E-state index is 14.2. The van der Waals surface area contributed by atoms with Crippen molar-refractivity contribution in [2.45, 2.75) is 30.9 Å². The van der Waals surface area contributed by atoms with E-state index in [1.165, 1.54) is 16.7 Å². The van der Waals surface area contributed by atoms with E-state index in [0.29, 0.717) is 28.9 Å². The van der Waals surface area contributed by atoms with Crippen molar-refractivity contribution in [1.82, 2.24) is 10.2 Å². The van der Waals surface area contributed by atoms with Crippen molar-refractivity contribution >= 4 is 35.5 Å². The summed E-state index contributed by atoms with van der Waals surface area (Å²) in [4.78, 5) is 53.8. The lowest BCUT2D eigenvalue weighted by Crippen LogP contribution is -2.70. The Kier molecular flexibility index (Phi) is 10.4. The summed E-state index contributed by atoms with van der Waals surface area (Å²) in [7, 11) is 1.94. The first-order valence-corrected chi connectivity index (χ1v) is 16.3. The van der Waals surface area contributed by atoms with Crippen LogP contribution in [0.5, 0.6) is 0 Å². The maximum Gasteiger partial charge on any atom is 0.356 e. The molecule has 5 rings (SSSR count). The Bertz CT molecular complexity index is 1590. The van der Waals surface area contributed by atoms with Crippen LogP contribution in [0.3, 0.4) is 0 Å². The Hall–Kier alpha value is -4.67. The molecule has 3 aromatic carbocycles. The SMILES string of the molecule is CC[N+](C)(C/C=C/C1=C(C(=O)OC(c2ccccc2)c2ccccc2)N2C(=O)C(NC(=O)Cc3ccccc3)C2SC1)CC(N)=O. The zero-order valence-electron chi connectivity index (χ0n) is 26.0. The topological polar surface area (TPSA) is 119 Å². The van der Waals surface area contributed by atoms with Gasteiger partial charge in [0, 0.05) is 5.75 Å². The molecule has 1 fully saturated rings. The number of primary amides is 1. The summed E-state index contributed by atoms with van der Waals surface area (Å²) in [6.45, 7) is 3.35. The second kappa shape index (κ2) is 14.6. The highest BCUT2D eigenvalue weighted by Gasteiger charge is 2.54. The van der Waals surface area contributed by atoms with Crippen molar-refractivity contribution in [2.75, 3.05) is 32.4 Å². The van der Waals surface area contributed by atoms with Crippen molar-refractivity contribution in [3.8, 4) is 0 Å². The van der Waals surface area contributed by atoms with E-state index in [0.717, 1.165) is 16.7 Å². The normalized spacial score (nSPS) is 18.9. The maximum absolute atomic E-state index is 14.2. The first-order chi connectivity index (χ1) is 22.2. The molecule has 9 nitrogen and oxygen atoms in total. The van der Waals surface area contributed by atoms with Crippen LogP contribution < -0.4 is 11.1 Å². The van der Waals surface area contributed by atoms with Gasteiger partial charge >= 0.3 is 5.97 Å². The van der Waals surface area contributed by atoms with Gasteiger partial charge in [-0.25, -0.2) is 4.79 Å². The Morgan fingerprint density at radius 2 is 1.59 bits per heavy atom. The van der Waals surface area contributed by atoms with E-state index in [4.69, 9.17) is 10.5 Å². The minimum Gasteiger partial charge on any atom is -0.448 e. The van der Waals surface area contributed by atoms with Crippen molar-refractivity contribution in [1.29, 1.82) is 0 Å². The molecule has 3 amide bonds. The molecule has 0 saturated carbocycles. The van der Waals surface area contributed by atoms with Gasteiger partial charge < -0.3 is 20.3 Å². The predicted octanol–water partition coefficient (Wildman–Crippen LogP) is 3.72. The molecular weight excluding hydrogens is 600 g/mol. The number of likely N-dealkylation sites (N-methyl/N-ethyl adjacent to an activating group) is 1. The van der Waals surface area contributed by atoms with Crippen LogP contribution in [0.4, 0.5) is 0 Å². The van der Waals surface area contributed by atoms with E-state index in [2.05, 4.69) is 5.32 Å². The first kappa shape index (κ1) is 32.7. The number of carbonyl (C=O) groups excluding carboxylic acids is 4. The van der Waals surface area contributed by atoms with Gasteiger partial charge in [0.1, 0.15) is 17.1 Å². The van der Waals surface area contributed by atoms with Gasteiger partial charge in [0.2, 0.25) is 5.91 Å². The van der Waals surface area contributed by atoms with Crippen LogP contribution in [0.2, 0.25) is 0 Å². The lowest BCUT2D eigenvalue weighted by atomic mass is 10.00. The molecule has 3 N–H and O–H groups in total. The monoisotopic (exact) mass is 639 g/mol. The second-order valence-electron chi connectivity index (χ2n) is 11.7. The highest BCUT2D eigenvalue weighted by molar-refractivity contribution is 8.00. The molecule has 46 heavy (non-hydrogen) atoms. The number of allylic oxidation sites excluding steroid dienone is 1. The average molecular weight is 640 g/mol. The molecule has 2 heterocycles. The zero-order chi connectivity index (χ0) is 32.7. The number of quaternary nitrogens is 1. The second-order valence-corrected chi connectivity index (χ2v) is 12.8. The summed E-state index contributed by atoms with van der Waals surface area (Å²) in [6, 6.07) is 27.5. The lowest BCUT2D eigenvalue weighted by molar-refractivity contribution is -0.894. The number of fused-ring (bicyclic) bond motifs is 1. The van der Waals surface area contributed by atoms with E-state index in [-0.39, 0.29) is 30.5 Å². The number of rotatable bonds is 13. The van der Waals surface area contributed by atoms with E-state index in [9.17, 15) is 19.2 Å². The number of thioether (sulfide) groups is 1. The van der Waals surface area contributed by atoms with Gasteiger partial charge in [-0.3, -0.25) is 19.3 Å². The lowest BCUT2D eigenvalue weighted by Gasteiger charge is -2.49. The van der Waals surface area contributed by atoms with Gasteiger partial charge in [-0.15, -0.1) is 11.8 Å². The van der Waals surface area contributed by atoms with E-state index in [1.54, 1.807) is 0 Å². The molecule has 0 spiro atoms. The summed E-state index contributed by atoms with van der Waals surface area (Å²) in [5.41, 5.74) is 8.73. The standard InChI is InChI=1S/C36H38N4O5S/c1-3-40(2,23-29(37)41)21-13-20-28-24-46-35-31(38-30(42)22-25-14-7-4-8-15-25)34(43)39(35)32(28)36(44)45-33(26-16-9-5-10-17-26)27-18-11-6-12-19-27/h4-20,31,33,35H,3,21-24H2,1-2H3,(H2-,37,38,41,42)/p+1/b20-13+. The van der Waals surface area contributed by atoms with E-state index in [1.807, 2.05) is 117 Å². The quantitative estimate of drug-likeness (QED) is 0.167. The third-order valence-corrected chi connectivity index (χ3v) is 9.61. The molecule has 0 aromatic heterocycles. The summed E-state index contributed by atoms with van der Waals surface area (Å²) >= 11 is 1.48. The van der Waals surface area contributed by atoms with Crippen LogP contribution in [0, 0.1) is 0 Å². The molecule has 238 valence electrons. The first-order valence-electron chi connectivity index (χ1n) is 15.3. The number of esters is 1. The zero-order valence-corrected chi connectivity index (χ0v) is 26.8. The van der Waals surface area contributed by atoms with Crippen LogP contribution in [0.15, 0.2) is 114 Å². The number of nitrogens with one attached hydrogen (secondary N) is 1. The van der Waals surface area contributed by atoms with Crippen LogP contribution >= 0.6 is 11.8 Å². The van der Waals surface area contributed by atoms with Gasteiger partial charge in [-0.05, 0) is 35.3 Å². The number of hydrogen-bond acceptors (Lipinski definition) is 6. The van der Waals surface area contributed by atoms with Gasteiger partial charge in [-0.2, -0.15) is 0 Å². The molecule has 2 aliphatic rings. The molecule has 3 aromatic rings.